The first-order valence-corrected chi connectivity index (χ1v) is 3.44. The van der Waals surface area contributed by atoms with Gasteiger partial charge in [0.15, 0.2) is 0 Å². The minimum Gasteiger partial charge on any atom is -0.363 e. The Kier molecular flexibility index (Phi) is 1.20. The molecule has 0 radical (unpaired) electrons. The Balaban J connectivity index is 2.55. The van der Waals surface area contributed by atoms with Crippen molar-refractivity contribution in [2.45, 2.75) is 6.17 Å². The van der Waals surface area contributed by atoms with Crippen molar-refractivity contribution in [3.05, 3.63) is 29.8 Å². The zero-order chi connectivity index (χ0) is 7.84. The number of ketones is 1. The number of carbonyl (C=O) groups is 1. The summed E-state index contributed by atoms with van der Waals surface area (Å²) in [4.78, 5) is 11.2. The number of fused-ring (bicyclic) bond motifs is 1. The van der Waals surface area contributed by atoms with E-state index in [9.17, 15) is 4.79 Å². The number of carbonyl (C=O) groups excluding carboxylic acids is 1. The molecule has 1 aromatic rings. The molecule has 1 aliphatic heterocycles. The SMILES string of the molecule is NC1Nc2ccccc2C1=O. The van der Waals surface area contributed by atoms with Crippen molar-refractivity contribution in [1.82, 2.24) is 0 Å². The van der Waals surface area contributed by atoms with E-state index in [0.717, 1.165) is 5.69 Å². The van der Waals surface area contributed by atoms with Crippen LogP contribution in [-0.4, -0.2) is 11.9 Å². The Morgan fingerprint density at radius 3 is 2.82 bits per heavy atom. The van der Waals surface area contributed by atoms with E-state index in [2.05, 4.69) is 5.32 Å². The van der Waals surface area contributed by atoms with Gasteiger partial charge in [0.2, 0.25) is 5.78 Å². The second kappa shape index (κ2) is 2.07. The van der Waals surface area contributed by atoms with Crippen LogP contribution in [0.5, 0.6) is 0 Å². The Labute approximate surface area is 64.2 Å². The highest BCUT2D eigenvalue weighted by Gasteiger charge is 2.25. The number of hydrogen-bond acceptors (Lipinski definition) is 3. The van der Waals surface area contributed by atoms with Crippen molar-refractivity contribution < 1.29 is 4.79 Å². The van der Waals surface area contributed by atoms with Gasteiger partial charge in [-0.25, -0.2) is 0 Å². The number of benzene rings is 1. The first kappa shape index (κ1) is 6.37. The minimum atomic E-state index is -0.549. The van der Waals surface area contributed by atoms with Crippen LogP contribution in [0.15, 0.2) is 24.3 Å². The summed E-state index contributed by atoms with van der Waals surface area (Å²) in [5.41, 5.74) is 7.00. The molecule has 0 aliphatic carbocycles. The van der Waals surface area contributed by atoms with Crippen molar-refractivity contribution in [1.29, 1.82) is 0 Å². The molecule has 3 heteroatoms. The standard InChI is InChI=1S/C8H8N2O/c9-8-7(11)5-3-1-2-4-6(5)10-8/h1-4,8,10H,9H2. The maximum atomic E-state index is 11.2. The van der Waals surface area contributed by atoms with Crippen LogP contribution in [0.1, 0.15) is 10.4 Å². The summed E-state index contributed by atoms with van der Waals surface area (Å²) >= 11 is 0. The fourth-order valence-corrected chi connectivity index (χ4v) is 1.22. The van der Waals surface area contributed by atoms with Crippen LogP contribution in [0.2, 0.25) is 0 Å². The predicted octanol–water partition coefficient (Wildman–Crippen LogP) is 0.580. The molecule has 56 valence electrons. The van der Waals surface area contributed by atoms with Gasteiger partial charge in [-0.2, -0.15) is 0 Å². The van der Waals surface area contributed by atoms with Crippen molar-refractivity contribution >= 4 is 11.5 Å². The summed E-state index contributed by atoms with van der Waals surface area (Å²) in [5.74, 6) is -0.0272. The van der Waals surface area contributed by atoms with Crippen LogP contribution < -0.4 is 11.1 Å². The van der Waals surface area contributed by atoms with Crippen LogP contribution in [0.3, 0.4) is 0 Å². The third kappa shape index (κ3) is 0.816. The third-order valence-electron chi connectivity index (χ3n) is 1.79. The molecule has 1 aliphatic rings. The molecule has 1 unspecified atom stereocenters. The smallest absolute Gasteiger partial charge is 0.201 e. The molecule has 3 N–H and O–H groups in total. The zero-order valence-electron chi connectivity index (χ0n) is 5.87. The monoisotopic (exact) mass is 148 g/mol. The summed E-state index contributed by atoms with van der Waals surface area (Å²) in [6.07, 6.45) is -0.549. The maximum absolute atomic E-state index is 11.2. The Hall–Kier alpha value is -1.35. The fraction of sp³-hybridized carbons (Fsp3) is 0.125. The number of nitrogens with two attached hydrogens (primary N) is 1. The van der Waals surface area contributed by atoms with Gasteiger partial charge < -0.3 is 11.1 Å². The lowest BCUT2D eigenvalue weighted by Gasteiger charge is -1.99. The van der Waals surface area contributed by atoms with E-state index in [1.165, 1.54) is 0 Å². The van der Waals surface area contributed by atoms with Crippen molar-refractivity contribution in [2.24, 2.45) is 5.73 Å². The number of para-hydroxylation sites is 1. The van der Waals surface area contributed by atoms with Gasteiger partial charge in [-0.1, -0.05) is 12.1 Å². The quantitative estimate of drug-likeness (QED) is 0.565. The lowest BCUT2D eigenvalue weighted by Crippen LogP contribution is -2.31. The lowest BCUT2D eigenvalue weighted by atomic mass is 10.1. The average Bonchev–Trinajstić information content (AvgIpc) is 2.30. The summed E-state index contributed by atoms with van der Waals surface area (Å²) in [5, 5.41) is 2.88. The van der Waals surface area contributed by atoms with Crippen LogP contribution in [0.4, 0.5) is 5.69 Å². The molecule has 0 saturated heterocycles. The number of nitrogens with one attached hydrogen (secondary N) is 1. The van der Waals surface area contributed by atoms with Gasteiger partial charge in [-0.3, -0.25) is 4.79 Å². The molecule has 1 aromatic carbocycles. The van der Waals surface area contributed by atoms with E-state index >= 15 is 0 Å². The van der Waals surface area contributed by atoms with E-state index in [1.54, 1.807) is 6.07 Å². The molecular formula is C8H8N2O. The van der Waals surface area contributed by atoms with E-state index in [4.69, 9.17) is 5.73 Å². The van der Waals surface area contributed by atoms with Crippen LogP contribution in [0, 0.1) is 0 Å². The van der Waals surface area contributed by atoms with Crippen molar-refractivity contribution in [3.63, 3.8) is 0 Å². The molecule has 0 fully saturated rings. The largest absolute Gasteiger partial charge is 0.363 e. The topological polar surface area (TPSA) is 55.1 Å². The van der Waals surface area contributed by atoms with E-state index in [0.29, 0.717) is 5.56 Å². The van der Waals surface area contributed by atoms with Gasteiger partial charge in [0.25, 0.3) is 0 Å². The molecule has 11 heavy (non-hydrogen) atoms. The predicted molar refractivity (Wildman–Crippen MR) is 42.4 cm³/mol. The second-order valence-corrected chi connectivity index (χ2v) is 2.53. The van der Waals surface area contributed by atoms with E-state index in [-0.39, 0.29) is 5.78 Å². The summed E-state index contributed by atoms with van der Waals surface area (Å²) in [6.45, 7) is 0. The number of anilines is 1. The number of Topliss-reactive ketones (excluding diaryl/α,β-unsaturated/α-hetero) is 1. The van der Waals surface area contributed by atoms with Gasteiger partial charge in [0.1, 0.15) is 6.17 Å². The summed E-state index contributed by atoms with van der Waals surface area (Å²) in [6, 6.07) is 7.32. The highest BCUT2D eigenvalue weighted by atomic mass is 16.1. The number of rotatable bonds is 0. The minimum absolute atomic E-state index is 0.0272. The molecule has 1 atom stereocenters. The third-order valence-corrected chi connectivity index (χ3v) is 1.79. The second-order valence-electron chi connectivity index (χ2n) is 2.53. The molecule has 1 heterocycles. The Bertz CT molecular complexity index is 309. The Morgan fingerprint density at radius 2 is 2.09 bits per heavy atom. The molecule has 0 spiro atoms. The number of hydrogen-bond donors (Lipinski definition) is 2. The first-order valence-electron chi connectivity index (χ1n) is 3.44. The van der Waals surface area contributed by atoms with Crippen molar-refractivity contribution in [3.8, 4) is 0 Å². The Morgan fingerprint density at radius 1 is 1.36 bits per heavy atom. The maximum Gasteiger partial charge on any atom is 0.201 e. The molecule has 2 rings (SSSR count). The normalized spacial score (nSPS) is 21.2. The van der Waals surface area contributed by atoms with Crippen LogP contribution >= 0.6 is 0 Å². The van der Waals surface area contributed by atoms with Gasteiger partial charge in [-0.05, 0) is 12.1 Å². The fourth-order valence-electron chi connectivity index (χ4n) is 1.22. The van der Waals surface area contributed by atoms with E-state index < -0.39 is 6.17 Å². The highest BCUT2D eigenvalue weighted by Crippen LogP contribution is 2.22. The van der Waals surface area contributed by atoms with Crippen molar-refractivity contribution in [2.75, 3.05) is 5.32 Å². The van der Waals surface area contributed by atoms with E-state index in [1.807, 2.05) is 18.2 Å². The first-order chi connectivity index (χ1) is 5.29. The van der Waals surface area contributed by atoms with Crippen LogP contribution in [-0.2, 0) is 0 Å². The summed E-state index contributed by atoms with van der Waals surface area (Å²) in [7, 11) is 0. The van der Waals surface area contributed by atoms with Gasteiger partial charge in [0.05, 0.1) is 0 Å². The molecule has 3 nitrogen and oxygen atoms in total. The van der Waals surface area contributed by atoms with Gasteiger partial charge >= 0.3 is 0 Å². The summed E-state index contributed by atoms with van der Waals surface area (Å²) < 4.78 is 0. The lowest BCUT2D eigenvalue weighted by molar-refractivity contribution is 0.0981. The van der Waals surface area contributed by atoms with Gasteiger partial charge in [-0.15, -0.1) is 0 Å². The molecule has 0 aromatic heterocycles. The van der Waals surface area contributed by atoms with Crippen LogP contribution in [0.25, 0.3) is 0 Å². The molecule has 0 bridgehead atoms. The zero-order valence-corrected chi connectivity index (χ0v) is 5.87. The molecular weight excluding hydrogens is 140 g/mol. The van der Waals surface area contributed by atoms with Gasteiger partial charge in [0, 0.05) is 11.3 Å². The highest BCUT2D eigenvalue weighted by molar-refractivity contribution is 6.09. The molecule has 0 amide bonds. The molecule has 0 saturated carbocycles. The average molecular weight is 148 g/mol.